The fourth-order valence-electron chi connectivity index (χ4n) is 0.954. The first-order valence-electron chi connectivity index (χ1n) is 3.78. The molecule has 13 heavy (non-hydrogen) atoms. The average Bonchev–Trinajstić information content (AvgIpc) is 2.71. The normalized spacial score (nSPS) is 10.6. The summed E-state index contributed by atoms with van der Waals surface area (Å²) in [5.41, 5.74) is 1.84. The van der Waals surface area contributed by atoms with Crippen LogP contribution in [0.2, 0.25) is 0 Å². The largest absolute Gasteiger partial charge is 0.353 e. The molecule has 0 aliphatic rings. The van der Waals surface area contributed by atoms with Crippen molar-refractivity contribution < 1.29 is 4.52 Å². The average molecular weight is 212 g/mol. The Morgan fingerprint density at radius 2 is 2.46 bits per heavy atom. The lowest BCUT2D eigenvalue weighted by Crippen LogP contribution is -1.72. The van der Waals surface area contributed by atoms with E-state index in [0.717, 1.165) is 22.2 Å². The van der Waals surface area contributed by atoms with Gasteiger partial charge in [-0.05, 0) is 6.92 Å². The van der Waals surface area contributed by atoms with Crippen LogP contribution in [0, 0.1) is 6.92 Å². The molecule has 0 saturated heterocycles. The van der Waals surface area contributed by atoms with Gasteiger partial charge in [0.05, 0.1) is 5.69 Å². The van der Waals surface area contributed by atoms with Crippen LogP contribution < -0.4 is 0 Å². The van der Waals surface area contributed by atoms with E-state index in [1.54, 1.807) is 11.3 Å². The van der Waals surface area contributed by atoms with Crippen molar-refractivity contribution in [2.24, 2.45) is 0 Å². The van der Waals surface area contributed by atoms with Gasteiger partial charge in [-0.3, -0.25) is 0 Å². The summed E-state index contributed by atoms with van der Waals surface area (Å²) >= 11 is 5.66. The Hall–Kier alpha value is -0.810. The summed E-state index contributed by atoms with van der Waals surface area (Å²) in [5, 5.41) is 6.69. The van der Waals surface area contributed by atoms with Crippen molar-refractivity contribution >= 4 is 24.0 Å². The third kappa shape index (κ3) is 1.76. The van der Waals surface area contributed by atoms with Crippen LogP contribution in [0.1, 0.15) is 11.4 Å². The lowest BCUT2D eigenvalue weighted by atomic mass is 10.4. The minimum absolute atomic E-state index is 0.591. The summed E-state index contributed by atoms with van der Waals surface area (Å²) in [7, 11) is 0. The second-order valence-electron chi connectivity index (χ2n) is 2.63. The lowest BCUT2D eigenvalue weighted by Gasteiger charge is -1.82. The Kier molecular flexibility index (Phi) is 2.37. The van der Waals surface area contributed by atoms with Gasteiger partial charge in [-0.15, -0.1) is 11.3 Å². The number of aryl methyl sites for hydroxylation is 1. The van der Waals surface area contributed by atoms with Crippen LogP contribution >= 0.6 is 24.0 Å². The van der Waals surface area contributed by atoms with Crippen LogP contribution in [0.3, 0.4) is 0 Å². The molecule has 2 heterocycles. The number of hydrogen-bond donors (Lipinski definition) is 1. The van der Waals surface area contributed by atoms with Crippen molar-refractivity contribution in [3.63, 3.8) is 0 Å². The molecule has 0 bridgehead atoms. The number of rotatable bonds is 2. The van der Waals surface area contributed by atoms with E-state index in [1.165, 1.54) is 0 Å². The van der Waals surface area contributed by atoms with Crippen molar-refractivity contribution in [1.29, 1.82) is 0 Å². The third-order valence-corrected chi connectivity index (χ3v) is 2.85. The number of nitrogens with zero attached hydrogens (tertiary/aromatic N) is 2. The highest BCUT2D eigenvalue weighted by Crippen LogP contribution is 2.24. The van der Waals surface area contributed by atoms with Gasteiger partial charge in [-0.2, -0.15) is 12.6 Å². The number of thiol groups is 1. The molecule has 2 aromatic heterocycles. The van der Waals surface area contributed by atoms with E-state index in [-0.39, 0.29) is 0 Å². The van der Waals surface area contributed by atoms with Crippen LogP contribution in [0.4, 0.5) is 0 Å². The Balaban J connectivity index is 2.35. The fourth-order valence-corrected chi connectivity index (χ4v) is 1.85. The molecule has 0 aromatic carbocycles. The van der Waals surface area contributed by atoms with Crippen molar-refractivity contribution in [2.45, 2.75) is 12.7 Å². The third-order valence-electron chi connectivity index (χ3n) is 1.55. The summed E-state index contributed by atoms with van der Waals surface area (Å²) in [6.45, 7) is 1.95. The van der Waals surface area contributed by atoms with Gasteiger partial charge in [0.1, 0.15) is 0 Å². The summed E-state index contributed by atoms with van der Waals surface area (Å²) in [5.74, 6) is 1.32. The molecule has 0 aliphatic carbocycles. The summed E-state index contributed by atoms with van der Waals surface area (Å²) in [4.78, 5) is 4.29. The number of thiazole rings is 1. The first-order chi connectivity index (χ1) is 6.29. The maximum atomic E-state index is 5.10. The molecular formula is C8H8N2OS2. The maximum Gasteiger partial charge on any atom is 0.195 e. The molecule has 0 atom stereocenters. The van der Waals surface area contributed by atoms with Crippen LogP contribution in [0.25, 0.3) is 10.8 Å². The molecule has 2 aromatic rings. The molecule has 0 radical (unpaired) electrons. The number of aromatic nitrogens is 2. The lowest BCUT2D eigenvalue weighted by molar-refractivity contribution is 0.426. The van der Waals surface area contributed by atoms with Crippen LogP contribution in [0.15, 0.2) is 16.0 Å². The molecule has 0 amide bonds. The summed E-state index contributed by atoms with van der Waals surface area (Å²) < 4.78 is 5.10. The van der Waals surface area contributed by atoms with E-state index in [1.807, 2.05) is 18.4 Å². The van der Waals surface area contributed by atoms with Gasteiger partial charge in [0, 0.05) is 22.9 Å². The van der Waals surface area contributed by atoms with Gasteiger partial charge in [0.15, 0.2) is 10.8 Å². The van der Waals surface area contributed by atoms with E-state index < -0.39 is 0 Å². The highest BCUT2D eigenvalue weighted by atomic mass is 32.1. The van der Waals surface area contributed by atoms with Crippen molar-refractivity contribution in [3.05, 3.63) is 22.8 Å². The van der Waals surface area contributed by atoms with Gasteiger partial charge < -0.3 is 4.52 Å². The number of hydrogen-bond acceptors (Lipinski definition) is 5. The van der Waals surface area contributed by atoms with Gasteiger partial charge >= 0.3 is 0 Å². The molecule has 0 unspecified atom stereocenters. The quantitative estimate of drug-likeness (QED) is 0.777. The zero-order valence-corrected chi connectivity index (χ0v) is 8.73. The van der Waals surface area contributed by atoms with Crippen molar-refractivity contribution in [3.8, 4) is 10.8 Å². The van der Waals surface area contributed by atoms with Crippen molar-refractivity contribution in [2.75, 3.05) is 0 Å². The topological polar surface area (TPSA) is 38.9 Å². The summed E-state index contributed by atoms with van der Waals surface area (Å²) in [6, 6.07) is 1.87. The Morgan fingerprint density at radius 3 is 3.00 bits per heavy atom. The molecule has 0 spiro atoms. The maximum absolute atomic E-state index is 5.10. The SMILES string of the molecule is Cc1csc(-c2cc(CS)no2)n1. The molecule has 0 saturated carbocycles. The smallest absolute Gasteiger partial charge is 0.195 e. The fraction of sp³-hybridized carbons (Fsp3) is 0.250. The Morgan fingerprint density at radius 1 is 1.62 bits per heavy atom. The monoisotopic (exact) mass is 212 g/mol. The molecule has 68 valence electrons. The van der Waals surface area contributed by atoms with E-state index in [4.69, 9.17) is 4.52 Å². The van der Waals surface area contributed by atoms with Gasteiger partial charge in [-0.25, -0.2) is 4.98 Å². The zero-order chi connectivity index (χ0) is 9.26. The minimum atomic E-state index is 0.591. The predicted molar refractivity (Wildman–Crippen MR) is 55.0 cm³/mol. The molecule has 0 fully saturated rings. The second-order valence-corrected chi connectivity index (χ2v) is 3.81. The van der Waals surface area contributed by atoms with Gasteiger partial charge in [-0.1, -0.05) is 5.16 Å². The molecule has 3 nitrogen and oxygen atoms in total. The van der Waals surface area contributed by atoms with Crippen LogP contribution in [0.5, 0.6) is 0 Å². The molecule has 0 N–H and O–H groups in total. The second kappa shape index (κ2) is 3.51. The van der Waals surface area contributed by atoms with E-state index in [2.05, 4.69) is 22.8 Å². The van der Waals surface area contributed by atoms with Gasteiger partial charge in [0.2, 0.25) is 0 Å². The molecule has 2 rings (SSSR count). The van der Waals surface area contributed by atoms with Crippen molar-refractivity contribution in [1.82, 2.24) is 10.1 Å². The standard InChI is InChI=1S/C8H8N2OS2/c1-5-4-13-8(9-5)7-2-6(3-12)10-11-7/h2,4,12H,3H2,1H3. The first kappa shape index (κ1) is 8.77. The minimum Gasteiger partial charge on any atom is -0.353 e. The van der Waals surface area contributed by atoms with Gasteiger partial charge in [0.25, 0.3) is 0 Å². The predicted octanol–water partition coefficient (Wildman–Crippen LogP) is 2.54. The zero-order valence-electron chi connectivity index (χ0n) is 7.02. The summed E-state index contributed by atoms with van der Waals surface area (Å²) in [6.07, 6.45) is 0. The Labute approximate surface area is 85.2 Å². The highest BCUT2D eigenvalue weighted by Gasteiger charge is 2.08. The van der Waals surface area contributed by atoms with Crippen LogP contribution in [-0.2, 0) is 5.75 Å². The van der Waals surface area contributed by atoms with E-state index >= 15 is 0 Å². The molecular weight excluding hydrogens is 204 g/mol. The Bertz CT molecular complexity index is 408. The first-order valence-corrected chi connectivity index (χ1v) is 5.30. The van der Waals surface area contributed by atoms with Crippen LogP contribution in [-0.4, -0.2) is 10.1 Å². The highest BCUT2D eigenvalue weighted by molar-refractivity contribution is 7.79. The molecule has 5 heteroatoms. The molecule has 0 aliphatic heterocycles. The van der Waals surface area contributed by atoms with E-state index in [9.17, 15) is 0 Å². The van der Waals surface area contributed by atoms with E-state index in [0.29, 0.717) is 5.75 Å².